The molecular weight excluding hydrogens is 410 g/mol. The Morgan fingerprint density at radius 2 is 1.81 bits per heavy atom. The standard InChI is InChI=1S/C24H23N3O3S/c1-4-20(24(28)30-3)31-23-21-17(16-10-6-5-7-11-16)14-27(22(21)25-15-26-23)18-12-8-9-13-19(18)29-2/h5-15,20H,4H2,1-3H3/t20-/m1/s1. The number of carbonyl (C=O) groups excluding carboxylic acids is 1. The van der Waals surface area contributed by atoms with Crippen LogP contribution in [0.5, 0.6) is 5.75 Å². The summed E-state index contributed by atoms with van der Waals surface area (Å²) in [6, 6.07) is 17.9. The number of ether oxygens (including phenoxy) is 2. The van der Waals surface area contributed by atoms with E-state index in [9.17, 15) is 4.79 Å². The molecule has 0 aliphatic carbocycles. The van der Waals surface area contributed by atoms with Crippen LogP contribution in [0.25, 0.3) is 27.8 Å². The van der Waals surface area contributed by atoms with E-state index in [1.807, 2.05) is 54.0 Å². The van der Waals surface area contributed by atoms with Gasteiger partial charge in [0.15, 0.2) is 0 Å². The number of nitrogens with zero attached hydrogens (tertiary/aromatic N) is 3. The van der Waals surface area contributed by atoms with E-state index in [-0.39, 0.29) is 11.2 Å². The van der Waals surface area contributed by atoms with Crippen LogP contribution in [-0.2, 0) is 9.53 Å². The second kappa shape index (κ2) is 9.22. The smallest absolute Gasteiger partial charge is 0.319 e. The highest BCUT2D eigenvalue weighted by Gasteiger charge is 2.24. The molecule has 4 rings (SSSR count). The molecule has 0 aliphatic rings. The first-order valence-electron chi connectivity index (χ1n) is 9.97. The van der Waals surface area contributed by atoms with E-state index in [1.54, 1.807) is 7.11 Å². The molecule has 158 valence electrons. The van der Waals surface area contributed by atoms with E-state index in [0.717, 1.165) is 38.6 Å². The quantitative estimate of drug-likeness (QED) is 0.228. The summed E-state index contributed by atoms with van der Waals surface area (Å²) in [6.45, 7) is 1.96. The Morgan fingerprint density at radius 3 is 2.52 bits per heavy atom. The van der Waals surface area contributed by atoms with Crippen LogP contribution < -0.4 is 4.74 Å². The molecule has 0 N–H and O–H groups in total. The average molecular weight is 434 g/mol. The van der Waals surface area contributed by atoms with E-state index in [2.05, 4.69) is 28.3 Å². The molecule has 2 aromatic heterocycles. The molecule has 0 spiro atoms. The lowest BCUT2D eigenvalue weighted by Gasteiger charge is -2.13. The maximum absolute atomic E-state index is 12.2. The third kappa shape index (κ3) is 4.01. The summed E-state index contributed by atoms with van der Waals surface area (Å²) in [5.74, 6) is 0.484. The Balaban J connectivity index is 1.97. The molecule has 6 nitrogen and oxygen atoms in total. The van der Waals surface area contributed by atoms with Crippen molar-refractivity contribution in [2.45, 2.75) is 23.6 Å². The summed E-state index contributed by atoms with van der Waals surface area (Å²) < 4.78 is 12.6. The Kier molecular flexibility index (Phi) is 6.23. The highest BCUT2D eigenvalue weighted by atomic mass is 32.2. The van der Waals surface area contributed by atoms with Crippen LogP contribution >= 0.6 is 11.8 Å². The summed E-state index contributed by atoms with van der Waals surface area (Å²) in [5, 5.41) is 1.29. The molecule has 31 heavy (non-hydrogen) atoms. The van der Waals surface area contributed by atoms with Gasteiger partial charge in [0.25, 0.3) is 0 Å². The number of para-hydroxylation sites is 2. The van der Waals surface area contributed by atoms with Gasteiger partial charge in [-0.3, -0.25) is 9.36 Å². The minimum Gasteiger partial charge on any atom is -0.495 e. The Morgan fingerprint density at radius 1 is 1.06 bits per heavy atom. The summed E-state index contributed by atoms with van der Waals surface area (Å²) in [6.07, 6.45) is 4.22. The Labute approximate surface area is 185 Å². The maximum atomic E-state index is 12.2. The predicted octanol–water partition coefficient (Wildman–Crippen LogP) is 5.14. The number of thioether (sulfide) groups is 1. The topological polar surface area (TPSA) is 66.2 Å². The van der Waals surface area contributed by atoms with Gasteiger partial charge in [0.1, 0.15) is 28.0 Å². The van der Waals surface area contributed by atoms with Crippen molar-refractivity contribution in [1.82, 2.24) is 14.5 Å². The second-order valence-electron chi connectivity index (χ2n) is 6.87. The lowest BCUT2D eigenvalue weighted by atomic mass is 10.1. The molecule has 0 saturated carbocycles. The molecule has 0 radical (unpaired) electrons. The minimum atomic E-state index is -0.346. The van der Waals surface area contributed by atoms with Crippen molar-refractivity contribution in [3.05, 3.63) is 67.1 Å². The van der Waals surface area contributed by atoms with Crippen molar-refractivity contribution < 1.29 is 14.3 Å². The normalized spacial score (nSPS) is 12.0. The van der Waals surface area contributed by atoms with Gasteiger partial charge < -0.3 is 9.47 Å². The monoisotopic (exact) mass is 433 g/mol. The van der Waals surface area contributed by atoms with Crippen molar-refractivity contribution in [1.29, 1.82) is 0 Å². The van der Waals surface area contributed by atoms with E-state index in [1.165, 1.54) is 25.2 Å². The largest absolute Gasteiger partial charge is 0.495 e. The first-order chi connectivity index (χ1) is 15.2. The molecule has 0 amide bonds. The first-order valence-corrected chi connectivity index (χ1v) is 10.8. The first kappa shape index (κ1) is 20.9. The number of benzene rings is 2. The highest BCUT2D eigenvalue weighted by molar-refractivity contribution is 8.00. The lowest BCUT2D eigenvalue weighted by Crippen LogP contribution is -2.17. The Hall–Kier alpha value is -3.32. The zero-order chi connectivity index (χ0) is 21.8. The van der Waals surface area contributed by atoms with Gasteiger partial charge in [-0.2, -0.15) is 0 Å². The fourth-order valence-electron chi connectivity index (χ4n) is 3.54. The van der Waals surface area contributed by atoms with Crippen LogP contribution in [-0.4, -0.2) is 40.0 Å². The van der Waals surface area contributed by atoms with Gasteiger partial charge >= 0.3 is 5.97 Å². The summed E-state index contributed by atoms with van der Waals surface area (Å²) >= 11 is 1.41. The van der Waals surface area contributed by atoms with Crippen LogP contribution in [0, 0.1) is 0 Å². The van der Waals surface area contributed by atoms with Gasteiger partial charge in [0.05, 0.1) is 25.3 Å². The van der Waals surface area contributed by atoms with E-state index < -0.39 is 0 Å². The van der Waals surface area contributed by atoms with Crippen LogP contribution in [0.1, 0.15) is 13.3 Å². The number of methoxy groups -OCH3 is 2. The molecule has 0 saturated heterocycles. The number of hydrogen-bond donors (Lipinski definition) is 0. The average Bonchev–Trinajstić information content (AvgIpc) is 3.23. The van der Waals surface area contributed by atoms with Crippen molar-refractivity contribution in [2.75, 3.05) is 14.2 Å². The van der Waals surface area contributed by atoms with Gasteiger partial charge in [-0.05, 0) is 24.1 Å². The van der Waals surface area contributed by atoms with Crippen molar-refractivity contribution in [3.63, 3.8) is 0 Å². The van der Waals surface area contributed by atoms with Gasteiger partial charge in [0.2, 0.25) is 0 Å². The Bertz CT molecular complexity index is 1210. The molecule has 2 heterocycles. The number of hydrogen-bond acceptors (Lipinski definition) is 6. The SMILES string of the molecule is CC[C@@H](Sc1ncnc2c1c(-c1ccccc1)cn2-c1ccccc1OC)C(=O)OC. The second-order valence-corrected chi connectivity index (χ2v) is 8.06. The molecule has 4 aromatic rings. The molecule has 0 aliphatic heterocycles. The van der Waals surface area contributed by atoms with Crippen LogP contribution in [0.2, 0.25) is 0 Å². The molecule has 1 atom stereocenters. The van der Waals surface area contributed by atoms with Gasteiger partial charge in [-0.1, -0.05) is 61.2 Å². The summed E-state index contributed by atoms with van der Waals surface area (Å²) in [5.41, 5.74) is 3.67. The van der Waals surface area contributed by atoms with Crippen molar-refractivity contribution >= 4 is 28.8 Å². The predicted molar refractivity (Wildman–Crippen MR) is 123 cm³/mol. The van der Waals surface area contributed by atoms with E-state index >= 15 is 0 Å². The maximum Gasteiger partial charge on any atom is 0.319 e. The molecule has 7 heteroatoms. The number of esters is 1. The van der Waals surface area contributed by atoms with Crippen LogP contribution in [0.3, 0.4) is 0 Å². The third-order valence-corrected chi connectivity index (χ3v) is 6.41. The van der Waals surface area contributed by atoms with E-state index in [4.69, 9.17) is 9.47 Å². The summed E-state index contributed by atoms with van der Waals surface area (Å²) in [4.78, 5) is 21.4. The fraction of sp³-hybridized carbons (Fsp3) is 0.208. The highest BCUT2D eigenvalue weighted by Crippen LogP contribution is 2.39. The summed E-state index contributed by atoms with van der Waals surface area (Å²) in [7, 11) is 3.07. The van der Waals surface area contributed by atoms with Gasteiger partial charge in [0, 0.05) is 11.8 Å². The zero-order valence-corrected chi connectivity index (χ0v) is 18.4. The van der Waals surface area contributed by atoms with Crippen molar-refractivity contribution in [3.8, 4) is 22.6 Å². The van der Waals surface area contributed by atoms with Crippen LogP contribution in [0.4, 0.5) is 0 Å². The molecule has 0 fully saturated rings. The fourth-order valence-corrected chi connectivity index (χ4v) is 4.59. The molecule has 0 bridgehead atoms. The lowest BCUT2D eigenvalue weighted by molar-refractivity contribution is -0.140. The number of aromatic nitrogens is 3. The number of carbonyl (C=O) groups is 1. The zero-order valence-electron chi connectivity index (χ0n) is 17.6. The number of fused-ring (bicyclic) bond motifs is 1. The van der Waals surface area contributed by atoms with Gasteiger partial charge in [-0.25, -0.2) is 9.97 Å². The third-order valence-electron chi connectivity index (χ3n) is 5.07. The molecular formula is C24H23N3O3S. The van der Waals surface area contributed by atoms with Crippen LogP contribution in [0.15, 0.2) is 72.1 Å². The van der Waals surface area contributed by atoms with E-state index in [0.29, 0.717) is 6.42 Å². The number of rotatable bonds is 7. The van der Waals surface area contributed by atoms with Crippen molar-refractivity contribution in [2.24, 2.45) is 0 Å². The molecule has 2 aromatic carbocycles. The van der Waals surface area contributed by atoms with Gasteiger partial charge in [-0.15, -0.1) is 0 Å². The minimum absolute atomic E-state index is 0.260. The molecule has 0 unspecified atom stereocenters.